The van der Waals surface area contributed by atoms with E-state index in [1.54, 1.807) is 6.08 Å². The fraction of sp³-hybridized carbons (Fsp3) is 0.188. The summed E-state index contributed by atoms with van der Waals surface area (Å²) < 4.78 is 0. The fourth-order valence-electron chi connectivity index (χ4n) is 1.84. The van der Waals surface area contributed by atoms with Crippen LogP contribution in [0.4, 0.5) is 0 Å². The Balaban J connectivity index is 1.81. The number of carbonyl (C=O) groups is 3. The maximum Gasteiger partial charge on any atom is 0.322 e. The van der Waals surface area contributed by atoms with Crippen molar-refractivity contribution in [1.82, 2.24) is 10.6 Å². The molecule has 0 spiro atoms. The molecule has 2 amide bonds. The van der Waals surface area contributed by atoms with Crippen LogP contribution in [0.2, 0.25) is 0 Å². The van der Waals surface area contributed by atoms with E-state index < -0.39 is 23.7 Å². The van der Waals surface area contributed by atoms with Crippen molar-refractivity contribution in [2.24, 2.45) is 10.2 Å². The first-order valence-electron chi connectivity index (χ1n) is 7.33. The van der Waals surface area contributed by atoms with Gasteiger partial charge in [-0.2, -0.15) is 5.10 Å². The molecule has 25 heavy (non-hydrogen) atoms. The maximum absolute atomic E-state index is 11.8. The molecular weight excluding hydrogens is 344 g/mol. The van der Waals surface area contributed by atoms with Crippen LogP contribution < -0.4 is 10.6 Å². The number of nitrogens with zero attached hydrogens (tertiary/aromatic N) is 2. The Labute approximate surface area is 148 Å². The van der Waals surface area contributed by atoms with Gasteiger partial charge in [-0.25, -0.2) is 0 Å². The average Bonchev–Trinajstić information content (AvgIpc) is 2.93. The summed E-state index contributed by atoms with van der Waals surface area (Å²) in [4.78, 5) is 33.7. The Morgan fingerprint density at radius 2 is 2.08 bits per heavy atom. The lowest BCUT2D eigenvalue weighted by Gasteiger charge is -2.04. The molecule has 1 aliphatic heterocycles. The molecule has 130 valence electrons. The first-order chi connectivity index (χ1) is 12.0. The van der Waals surface area contributed by atoms with Gasteiger partial charge in [-0.15, -0.1) is 5.10 Å². The lowest BCUT2D eigenvalue weighted by molar-refractivity contribution is -0.137. The molecule has 1 heterocycles. The number of carbonyl (C=O) groups excluding carboxylic acids is 2. The van der Waals surface area contributed by atoms with Crippen molar-refractivity contribution in [2.45, 2.75) is 11.7 Å². The van der Waals surface area contributed by atoms with Crippen LogP contribution in [0.5, 0.6) is 0 Å². The van der Waals surface area contributed by atoms with Crippen molar-refractivity contribution in [3.05, 3.63) is 42.0 Å². The fourth-order valence-corrected chi connectivity index (χ4v) is 2.77. The summed E-state index contributed by atoms with van der Waals surface area (Å²) in [5.74, 6) is -2.01. The smallest absolute Gasteiger partial charge is 0.322 e. The summed E-state index contributed by atoms with van der Waals surface area (Å²) in [6.45, 7) is -0.475. The molecule has 0 unspecified atom stereocenters. The molecule has 1 atom stereocenters. The molecule has 3 N–H and O–H groups in total. The molecule has 8 nitrogen and oxygen atoms in total. The third kappa shape index (κ3) is 6.60. The van der Waals surface area contributed by atoms with Crippen LogP contribution in [-0.4, -0.2) is 46.1 Å². The van der Waals surface area contributed by atoms with E-state index in [0.29, 0.717) is 5.17 Å². The van der Waals surface area contributed by atoms with Crippen LogP contribution >= 0.6 is 11.8 Å². The maximum atomic E-state index is 11.8. The standard InChI is InChI=1S/C16H16N4O4S/c21-13(17-10-14(22)23)9-12-15(24)19-16(25-12)20-18-8-4-7-11-5-2-1-3-6-11/h1-8,12H,9-10H2,(H,17,21)(H,22,23)(H,19,20,24)/b7-4+,18-8-/t12-/m1/s1. The lowest BCUT2D eigenvalue weighted by atomic mass is 10.2. The van der Waals surface area contributed by atoms with E-state index in [9.17, 15) is 14.4 Å². The Kier molecular flexibility index (Phi) is 6.90. The van der Waals surface area contributed by atoms with Gasteiger partial charge in [0.2, 0.25) is 11.8 Å². The minimum Gasteiger partial charge on any atom is -0.480 e. The number of carboxylic acid groups (broad SMARTS) is 1. The van der Waals surface area contributed by atoms with Crippen LogP contribution in [0, 0.1) is 0 Å². The summed E-state index contributed by atoms with van der Waals surface area (Å²) in [6, 6.07) is 9.67. The number of benzene rings is 1. The van der Waals surface area contributed by atoms with Crippen molar-refractivity contribution >= 4 is 47.0 Å². The van der Waals surface area contributed by atoms with Crippen molar-refractivity contribution in [2.75, 3.05) is 6.54 Å². The largest absolute Gasteiger partial charge is 0.480 e. The van der Waals surface area contributed by atoms with Gasteiger partial charge in [0.15, 0.2) is 5.17 Å². The van der Waals surface area contributed by atoms with Gasteiger partial charge in [0.25, 0.3) is 0 Å². The zero-order chi connectivity index (χ0) is 18.1. The van der Waals surface area contributed by atoms with Crippen molar-refractivity contribution in [3.8, 4) is 0 Å². The highest BCUT2D eigenvalue weighted by Gasteiger charge is 2.32. The predicted molar refractivity (Wildman–Crippen MR) is 96.2 cm³/mol. The van der Waals surface area contributed by atoms with E-state index in [1.165, 1.54) is 6.21 Å². The summed E-state index contributed by atoms with van der Waals surface area (Å²) in [7, 11) is 0. The quantitative estimate of drug-likeness (QED) is 0.492. The number of thioether (sulfide) groups is 1. The molecule has 0 saturated carbocycles. The minimum atomic E-state index is -1.14. The third-order valence-electron chi connectivity index (χ3n) is 2.97. The summed E-state index contributed by atoms with van der Waals surface area (Å²) in [5, 5.41) is 20.6. The van der Waals surface area contributed by atoms with Crippen molar-refractivity contribution < 1.29 is 19.5 Å². The number of carboxylic acids is 1. The second-order valence-electron chi connectivity index (χ2n) is 4.91. The molecule has 0 aliphatic carbocycles. The van der Waals surface area contributed by atoms with Gasteiger partial charge in [0, 0.05) is 12.6 Å². The normalized spacial score (nSPS) is 18.8. The first-order valence-corrected chi connectivity index (χ1v) is 8.21. The Morgan fingerprint density at radius 1 is 1.32 bits per heavy atom. The van der Waals surface area contributed by atoms with Gasteiger partial charge in [-0.1, -0.05) is 48.2 Å². The van der Waals surface area contributed by atoms with E-state index in [0.717, 1.165) is 17.3 Å². The molecule has 1 saturated heterocycles. The molecular formula is C16H16N4O4S. The summed E-state index contributed by atoms with van der Waals surface area (Å²) in [5.41, 5.74) is 1.03. The van der Waals surface area contributed by atoms with Gasteiger partial charge in [0.1, 0.15) is 11.8 Å². The third-order valence-corrected chi connectivity index (χ3v) is 4.05. The van der Waals surface area contributed by atoms with E-state index in [1.807, 2.05) is 36.4 Å². The van der Waals surface area contributed by atoms with E-state index in [2.05, 4.69) is 20.8 Å². The number of hydrogen-bond donors (Lipinski definition) is 3. The zero-order valence-corrected chi connectivity index (χ0v) is 13.9. The summed E-state index contributed by atoms with van der Waals surface area (Å²) >= 11 is 1.08. The highest BCUT2D eigenvalue weighted by atomic mass is 32.2. The number of amides is 2. The molecule has 2 rings (SSSR count). The molecule has 1 aromatic carbocycles. The number of aliphatic carboxylic acids is 1. The minimum absolute atomic E-state index is 0.125. The van der Waals surface area contributed by atoms with E-state index in [4.69, 9.17) is 5.11 Å². The number of amidine groups is 1. The predicted octanol–water partition coefficient (Wildman–Crippen LogP) is 0.864. The number of hydrogen-bond acceptors (Lipinski definition) is 6. The Hall–Kier alpha value is -2.94. The number of nitrogens with one attached hydrogen (secondary N) is 2. The summed E-state index contributed by atoms with van der Waals surface area (Å²) in [6.07, 6.45) is 4.94. The van der Waals surface area contributed by atoms with Crippen LogP contribution in [-0.2, 0) is 14.4 Å². The number of allylic oxidation sites excluding steroid dienone is 1. The molecule has 0 radical (unpaired) electrons. The molecule has 9 heteroatoms. The topological polar surface area (TPSA) is 120 Å². The van der Waals surface area contributed by atoms with Gasteiger partial charge >= 0.3 is 5.97 Å². The number of rotatable bonds is 7. The zero-order valence-electron chi connectivity index (χ0n) is 13.1. The monoisotopic (exact) mass is 360 g/mol. The van der Waals surface area contributed by atoms with Crippen LogP contribution in [0.3, 0.4) is 0 Å². The molecule has 1 aromatic rings. The van der Waals surface area contributed by atoms with Crippen molar-refractivity contribution in [1.29, 1.82) is 0 Å². The highest BCUT2D eigenvalue weighted by molar-refractivity contribution is 8.15. The van der Waals surface area contributed by atoms with Gasteiger partial charge < -0.3 is 15.7 Å². The molecule has 0 bridgehead atoms. The second-order valence-corrected chi connectivity index (χ2v) is 6.10. The van der Waals surface area contributed by atoms with Crippen molar-refractivity contribution in [3.63, 3.8) is 0 Å². The Bertz CT molecular complexity index is 731. The SMILES string of the molecule is O=C(O)CNC(=O)C[C@H]1S\C(=N/N=C\C=C\c2ccccc2)NC1=O. The molecule has 1 fully saturated rings. The van der Waals surface area contributed by atoms with Crippen LogP contribution in [0.15, 0.2) is 46.6 Å². The van der Waals surface area contributed by atoms with Crippen LogP contribution in [0.1, 0.15) is 12.0 Å². The van der Waals surface area contributed by atoms with E-state index >= 15 is 0 Å². The second kappa shape index (κ2) is 9.38. The van der Waals surface area contributed by atoms with E-state index in [-0.39, 0.29) is 12.3 Å². The van der Waals surface area contributed by atoms with Crippen LogP contribution in [0.25, 0.3) is 6.08 Å². The van der Waals surface area contributed by atoms with Gasteiger partial charge in [-0.05, 0) is 11.6 Å². The molecule has 1 aliphatic rings. The highest BCUT2D eigenvalue weighted by Crippen LogP contribution is 2.22. The first kappa shape index (κ1) is 18.4. The lowest BCUT2D eigenvalue weighted by Crippen LogP contribution is -2.33. The molecule has 0 aromatic heterocycles. The Morgan fingerprint density at radius 3 is 2.80 bits per heavy atom. The van der Waals surface area contributed by atoms with Gasteiger partial charge in [0.05, 0.1) is 0 Å². The average molecular weight is 360 g/mol. The van der Waals surface area contributed by atoms with Gasteiger partial charge in [-0.3, -0.25) is 14.4 Å².